The topological polar surface area (TPSA) is 37.8 Å². The first-order chi connectivity index (χ1) is 8.61. The van der Waals surface area contributed by atoms with Gasteiger partial charge in [-0.3, -0.25) is 0 Å². The van der Waals surface area contributed by atoms with Crippen molar-refractivity contribution in [1.29, 1.82) is 0 Å². The van der Waals surface area contributed by atoms with E-state index < -0.39 is 0 Å². The minimum absolute atomic E-state index is 0.253. The van der Waals surface area contributed by atoms with E-state index in [-0.39, 0.29) is 6.04 Å². The Labute approximate surface area is 133 Å². The highest BCUT2D eigenvalue weighted by Gasteiger charge is 2.14. The number of rotatable bonds is 4. The first-order valence-corrected chi connectivity index (χ1v) is 8.33. The van der Waals surface area contributed by atoms with Crippen molar-refractivity contribution in [3.8, 4) is 10.6 Å². The van der Waals surface area contributed by atoms with Gasteiger partial charge in [0.25, 0.3) is 0 Å². The lowest BCUT2D eigenvalue weighted by molar-refractivity contribution is 0.590. The second-order valence-corrected chi connectivity index (χ2v) is 6.96. The Bertz CT molecular complexity index is 544. The SMILES string of the molecule is CCNC(C)c1nnc(-c2cc(I)ccc2Br)s1. The normalized spacial score (nSPS) is 12.7. The van der Waals surface area contributed by atoms with Crippen molar-refractivity contribution >= 4 is 49.9 Å². The zero-order valence-corrected chi connectivity index (χ0v) is 14.6. The average Bonchev–Trinajstić information content (AvgIpc) is 2.82. The Hall–Kier alpha value is -0.0500. The van der Waals surface area contributed by atoms with Crippen LogP contribution >= 0.6 is 49.9 Å². The summed E-state index contributed by atoms with van der Waals surface area (Å²) in [6.07, 6.45) is 0. The van der Waals surface area contributed by atoms with Gasteiger partial charge in [0.1, 0.15) is 10.0 Å². The molecule has 1 unspecified atom stereocenters. The number of halogens is 2. The highest BCUT2D eigenvalue weighted by Crippen LogP contribution is 2.33. The van der Waals surface area contributed by atoms with Crippen molar-refractivity contribution in [3.05, 3.63) is 31.2 Å². The van der Waals surface area contributed by atoms with Crippen LogP contribution in [0, 0.1) is 3.57 Å². The molecule has 1 atom stereocenters. The molecule has 3 nitrogen and oxygen atoms in total. The first kappa shape index (κ1) is 14.4. The van der Waals surface area contributed by atoms with Crippen LogP contribution in [0.2, 0.25) is 0 Å². The number of nitrogens with one attached hydrogen (secondary N) is 1. The minimum Gasteiger partial charge on any atom is -0.308 e. The van der Waals surface area contributed by atoms with E-state index in [0.29, 0.717) is 0 Å². The highest BCUT2D eigenvalue weighted by atomic mass is 127. The third-order valence-electron chi connectivity index (χ3n) is 2.48. The Kier molecular flexibility index (Phi) is 5.11. The molecule has 1 aromatic heterocycles. The number of hydrogen-bond acceptors (Lipinski definition) is 4. The molecule has 0 fully saturated rings. The maximum absolute atomic E-state index is 4.29. The molecule has 0 aliphatic heterocycles. The molecular weight excluding hydrogens is 425 g/mol. The van der Waals surface area contributed by atoms with Crippen LogP contribution in [0.3, 0.4) is 0 Å². The number of benzene rings is 1. The monoisotopic (exact) mass is 437 g/mol. The largest absolute Gasteiger partial charge is 0.308 e. The lowest BCUT2D eigenvalue weighted by Gasteiger charge is -2.06. The fraction of sp³-hybridized carbons (Fsp3) is 0.333. The molecule has 0 saturated heterocycles. The van der Waals surface area contributed by atoms with Gasteiger partial charge in [-0.15, -0.1) is 10.2 Å². The number of nitrogens with zero attached hydrogens (tertiary/aromatic N) is 2. The van der Waals surface area contributed by atoms with E-state index >= 15 is 0 Å². The lowest BCUT2D eigenvalue weighted by atomic mass is 10.2. The summed E-state index contributed by atoms with van der Waals surface area (Å²) >= 11 is 7.51. The molecule has 1 N–H and O–H groups in total. The van der Waals surface area contributed by atoms with Crippen LogP contribution in [0.25, 0.3) is 10.6 Å². The van der Waals surface area contributed by atoms with Crippen molar-refractivity contribution in [3.63, 3.8) is 0 Å². The Morgan fingerprint density at radius 1 is 1.44 bits per heavy atom. The van der Waals surface area contributed by atoms with E-state index in [1.54, 1.807) is 11.3 Å². The molecule has 0 aliphatic carbocycles. The summed E-state index contributed by atoms with van der Waals surface area (Å²) in [4.78, 5) is 0. The van der Waals surface area contributed by atoms with Gasteiger partial charge >= 0.3 is 0 Å². The van der Waals surface area contributed by atoms with Crippen molar-refractivity contribution in [2.45, 2.75) is 19.9 Å². The fourth-order valence-electron chi connectivity index (χ4n) is 1.57. The zero-order valence-electron chi connectivity index (χ0n) is 10.1. The predicted molar refractivity (Wildman–Crippen MR) is 87.9 cm³/mol. The summed E-state index contributed by atoms with van der Waals surface area (Å²) in [7, 11) is 0. The first-order valence-electron chi connectivity index (χ1n) is 5.64. The zero-order chi connectivity index (χ0) is 13.1. The van der Waals surface area contributed by atoms with E-state index in [4.69, 9.17) is 0 Å². The Morgan fingerprint density at radius 3 is 2.94 bits per heavy atom. The summed E-state index contributed by atoms with van der Waals surface area (Å²) < 4.78 is 2.25. The summed E-state index contributed by atoms with van der Waals surface area (Å²) in [5.41, 5.74) is 1.11. The van der Waals surface area contributed by atoms with Crippen LogP contribution in [0.4, 0.5) is 0 Å². The third kappa shape index (κ3) is 3.28. The molecule has 0 amide bonds. The van der Waals surface area contributed by atoms with Crippen molar-refractivity contribution < 1.29 is 0 Å². The third-order valence-corrected chi connectivity index (χ3v) is 4.98. The van der Waals surface area contributed by atoms with Gasteiger partial charge < -0.3 is 5.32 Å². The molecule has 96 valence electrons. The quantitative estimate of drug-likeness (QED) is 0.726. The number of hydrogen-bond donors (Lipinski definition) is 1. The Morgan fingerprint density at radius 2 is 2.22 bits per heavy atom. The summed E-state index contributed by atoms with van der Waals surface area (Å²) in [5.74, 6) is 0. The van der Waals surface area contributed by atoms with Gasteiger partial charge in [-0.05, 0) is 54.3 Å². The maximum Gasteiger partial charge on any atom is 0.149 e. The van der Waals surface area contributed by atoms with Gasteiger partial charge in [0.05, 0.1) is 6.04 Å². The second-order valence-electron chi connectivity index (χ2n) is 3.85. The molecule has 0 aliphatic rings. The highest BCUT2D eigenvalue weighted by molar-refractivity contribution is 14.1. The van der Waals surface area contributed by atoms with Gasteiger partial charge in [0.2, 0.25) is 0 Å². The van der Waals surface area contributed by atoms with E-state index in [1.165, 1.54) is 3.57 Å². The van der Waals surface area contributed by atoms with Crippen LogP contribution in [-0.4, -0.2) is 16.7 Å². The fourth-order valence-corrected chi connectivity index (χ4v) is 3.53. The molecule has 1 heterocycles. The van der Waals surface area contributed by atoms with Crippen molar-refractivity contribution in [2.24, 2.45) is 0 Å². The standard InChI is InChI=1S/C12H13BrIN3S/c1-3-15-7(2)11-16-17-12(18-11)9-6-8(14)4-5-10(9)13/h4-7,15H,3H2,1-2H3. The van der Waals surface area contributed by atoms with Crippen LogP contribution in [-0.2, 0) is 0 Å². The van der Waals surface area contributed by atoms with Crippen LogP contribution in [0.15, 0.2) is 22.7 Å². The van der Waals surface area contributed by atoms with E-state index in [2.05, 4.69) is 80.0 Å². The molecule has 0 saturated carbocycles. The molecule has 18 heavy (non-hydrogen) atoms. The van der Waals surface area contributed by atoms with Crippen molar-refractivity contribution in [2.75, 3.05) is 6.54 Å². The lowest BCUT2D eigenvalue weighted by Crippen LogP contribution is -2.17. The molecule has 2 rings (SSSR count). The predicted octanol–water partition coefficient (Wildman–Crippen LogP) is 4.24. The van der Waals surface area contributed by atoms with Gasteiger partial charge in [-0.25, -0.2) is 0 Å². The molecule has 2 aromatic rings. The van der Waals surface area contributed by atoms with E-state index in [0.717, 1.165) is 26.6 Å². The van der Waals surface area contributed by atoms with Gasteiger partial charge in [-0.1, -0.05) is 34.2 Å². The van der Waals surface area contributed by atoms with Crippen LogP contribution < -0.4 is 5.32 Å². The summed E-state index contributed by atoms with van der Waals surface area (Å²) in [6.45, 7) is 5.13. The van der Waals surface area contributed by atoms with E-state index in [1.807, 2.05) is 6.07 Å². The molecular formula is C12H13BrIN3S. The van der Waals surface area contributed by atoms with Gasteiger partial charge in [0.15, 0.2) is 0 Å². The summed E-state index contributed by atoms with van der Waals surface area (Å²) in [5, 5.41) is 13.9. The van der Waals surface area contributed by atoms with E-state index in [9.17, 15) is 0 Å². The van der Waals surface area contributed by atoms with Crippen molar-refractivity contribution in [1.82, 2.24) is 15.5 Å². The maximum atomic E-state index is 4.29. The molecule has 6 heteroatoms. The van der Waals surface area contributed by atoms with Crippen LogP contribution in [0.1, 0.15) is 24.9 Å². The molecule has 1 aromatic carbocycles. The molecule has 0 radical (unpaired) electrons. The van der Waals surface area contributed by atoms with Gasteiger partial charge in [0, 0.05) is 13.6 Å². The van der Waals surface area contributed by atoms with Crippen LogP contribution in [0.5, 0.6) is 0 Å². The average molecular weight is 438 g/mol. The smallest absolute Gasteiger partial charge is 0.149 e. The molecule has 0 bridgehead atoms. The molecule has 0 spiro atoms. The number of aromatic nitrogens is 2. The minimum atomic E-state index is 0.253. The Balaban J connectivity index is 2.32. The summed E-state index contributed by atoms with van der Waals surface area (Å²) in [6, 6.07) is 6.48. The second kappa shape index (κ2) is 6.40. The van der Waals surface area contributed by atoms with Gasteiger partial charge in [-0.2, -0.15) is 0 Å².